The second kappa shape index (κ2) is 3.41. The van der Waals surface area contributed by atoms with E-state index in [1.165, 1.54) is 0 Å². The number of hydrogen-bond acceptors (Lipinski definition) is 2. The number of fused-ring (bicyclic) bond motifs is 1. The molecule has 0 amide bonds. The quantitative estimate of drug-likeness (QED) is 0.671. The molecule has 0 bridgehead atoms. The zero-order valence-electron chi connectivity index (χ0n) is 8.20. The minimum atomic E-state index is -0.199. The lowest BCUT2D eigenvalue weighted by Gasteiger charge is -2.34. The zero-order chi connectivity index (χ0) is 9.42. The predicted molar refractivity (Wildman–Crippen MR) is 50.2 cm³/mol. The first kappa shape index (κ1) is 9.20. The molecule has 2 heteroatoms. The lowest BCUT2D eigenvalue weighted by Crippen LogP contribution is -2.35. The van der Waals surface area contributed by atoms with Gasteiger partial charge in [-0.2, -0.15) is 0 Å². The third-order valence-electron chi connectivity index (χ3n) is 3.89. The number of Topliss-reactive ketones (excluding diaryl/α,β-unsaturated/α-hetero) is 1. The Morgan fingerprint density at radius 2 is 2.23 bits per heavy atom. The topological polar surface area (TPSA) is 37.3 Å². The molecule has 1 N–H and O–H groups in total. The maximum atomic E-state index is 11.5. The molecule has 4 atom stereocenters. The van der Waals surface area contributed by atoms with Crippen molar-refractivity contribution in [1.29, 1.82) is 0 Å². The van der Waals surface area contributed by atoms with Crippen LogP contribution in [0.25, 0.3) is 0 Å². The average Bonchev–Trinajstić information content (AvgIpc) is 2.48. The van der Waals surface area contributed by atoms with Crippen LogP contribution in [-0.2, 0) is 4.79 Å². The van der Waals surface area contributed by atoms with Gasteiger partial charge in [0.25, 0.3) is 0 Å². The molecule has 0 spiro atoms. The van der Waals surface area contributed by atoms with E-state index in [1.807, 2.05) is 0 Å². The molecule has 2 nitrogen and oxygen atoms in total. The standard InChI is InChI=1S/C11H18O2/c1-2-7-5-9-8(11(13)6-7)3-4-10(9)12/h7-9,11,13H,2-6H2,1H3. The van der Waals surface area contributed by atoms with Crippen molar-refractivity contribution in [3.63, 3.8) is 0 Å². The van der Waals surface area contributed by atoms with Crippen LogP contribution in [0.2, 0.25) is 0 Å². The highest BCUT2D eigenvalue weighted by molar-refractivity contribution is 5.83. The average molecular weight is 182 g/mol. The summed E-state index contributed by atoms with van der Waals surface area (Å²) in [4.78, 5) is 11.5. The van der Waals surface area contributed by atoms with Crippen LogP contribution >= 0.6 is 0 Å². The van der Waals surface area contributed by atoms with Gasteiger partial charge in [-0.05, 0) is 31.1 Å². The molecule has 2 rings (SSSR count). The van der Waals surface area contributed by atoms with Gasteiger partial charge in [0, 0.05) is 12.3 Å². The number of rotatable bonds is 1. The molecule has 0 radical (unpaired) electrons. The summed E-state index contributed by atoms with van der Waals surface area (Å²) in [5, 5.41) is 9.85. The lowest BCUT2D eigenvalue weighted by molar-refractivity contribution is -0.124. The van der Waals surface area contributed by atoms with Crippen molar-refractivity contribution in [3.05, 3.63) is 0 Å². The minimum absolute atomic E-state index is 0.199. The van der Waals surface area contributed by atoms with Crippen molar-refractivity contribution < 1.29 is 9.90 Å². The molecular weight excluding hydrogens is 164 g/mol. The number of hydrogen-bond donors (Lipinski definition) is 1. The van der Waals surface area contributed by atoms with Crippen LogP contribution in [0, 0.1) is 17.8 Å². The number of aliphatic hydroxyl groups excluding tert-OH is 1. The highest BCUT2D eigenvalue weighted by Gasteiger charge is 2.43. The van der Waals surface area contributed by atoms with E-state index in [1.54, 1.807) is 0 Å². The predicted octanol–water partition coefficient (Wildman–Crippen LogP) is 1.76. The zero-order valence-corrected chi connectivity index (χ0v) is 8.20. The van der Waals surface area contributed by atoms with Gasteiger partial charge >= 0.3 is 0 Å². The van der Waals surface area contributed by atoms with Crippen molar-refractivity contribution >= 4 is 5.78 Å². The van der Waals surface area contributed by atoms with Crippen LogP contribution in [0.1, 0.15) is 39.0 Å². The van der Waals surface area contributed by atoms with Gasteiger partial charge in [0.15, 0.2) is 0 Å². The van der Waals surface area contributed by atoms with Crippen molar-refractivity contribution in [1.82, 2.24) is 0 Å². The van der Waals surface area contributed by atoms with Crippen LogP contribution < -0.4 is 0 Å². The molecule has 0 aromatic heterocycles. The summed E-state index contributed by atoms with van der Waals surface area (Å²) < 4.78 is 0. The molecular formula is C11H18O2. The van der Waals surface area contributed by atoms with E-state index in [4.69, 9.17) is 0 Å². The molecule has 0 aromatic carbocycles. The Morgan fingerprint density at radius 1 is 1.46 bits per heavy atom. The molecule has 0 aliphatic heterocycles. The van der Waals surface area contributed by atoms with E-state index in [0.717, 1.165) is 25.7 Å². The summed E-state index contributed by atoms with van der Waals surface area (Å²) in [6.45, 7) is 2.15. The number of carbonyl (C=O) groups is 1. The number of ketones is 1. The van der Waals surface area contributed by atoms with Gasteiger partial charge in [0.2, 0.25) is 0 Å². The van der Waals surface area contributed by atoms with E-state index < -0.39 is 0 Å². The maximum Gasteiger partial charge on any atom is 0.136 e. The summed E-state index contributed by atoms with van der Waals surface area (Å²) in [5.74, 6) is 1.49. The second-order valence-electron chi connectivity index (χ2n) is 4.59. The van der Waals surface area contributed by atoms with Crippen LogP contribution in [-0.4, -0.2) is 17.0 Å². The molecule has 74 valence electrons. The summed E-state index contributed by atoms with van der Waals surface area (Å²) in [6, 6.07) is 0. The molecule has 0 heterocycles. The fourth-order valence-electron chi connectivity index (χ4n) is 3.01. The lowest BCUT2D eigenvalue weighted by atomic mass is 9.73. The van der Waals surface area contributed by atoms with Crippen molar-refractivity contribution in [2.24, 2.45) is 17.8 Å². The van der Waals surface area contributed by atoms with Gasteiger partial charge in [-0.15, -0.1) is 0 Å². The first-order valence-electron chi connectivity index (χ1n) is 5.43. The van der Waals surface area contributed by atoms with Gasteiger partial charge in [0.1, 0.15) is 5.78 Å². The van der Waals surface area contributed by atoms with Crippen LogP contribution in [0.4, 0.5) is 0 Å². The van der Waals surface area contributed by atoms with E-state index in [9.17, 15) is 9.90 Å². The molecule has 2 aliphatic carbocycles. The van der Waals surface area contributed by atoms with Crippen molar-refractivity contribution in [2.45, 2.75) is 45.1 Å². The van der Waals surface area contributed by atoms with Gasteiger partial charge < -0.3 is 5.11 Å². The number of carbonyl (C=O) groups excluding carboxylic acids is 1. The first-order chi connectivity index (χ1) is 6.22. The Kier molecular flexibility index (Phi) is 2.41. The molecule has 2 saturated carbocycles. The molecule has 2 fully saturated rings. The third kappa shape index (κ3) is 1.52. The summed E-state index contributed by atoms with van der Waals surface area (Å²) in [5.41, 5.74) is 0. The monoisotopic (exact) mass is 182 g/mol. The summed E-state index contributed by atoms with van der Waals surface area (Å²) in [6.07, 6.45) is 4.51. The molecule has 0 saturated heterocycles. The highest BCUT2D eigenvalue weighted by atomic mass is 16.3. The van der Waals surface area contributed by atoms with E-state index >= 15 is 0 Å². The second-order valence-corrected chi connectivity index (χ2v) is 4.59. The Labute approximate surface area is 79.3 Å². The van der Waals surface area contributed by atoms with E-state index in [-0.39, 0.29) is 12.0 Å². The van der Waals surface area contributed by atoms with Crippen molar-refractivity contribution in [2.75, 3.05) is 0 Å². The molecule has 13 heavy (non-hydrogen) atoms. The smallest absolute Gasteiger partial charge is 0.136 e. The van der Waals surface area contributed by atoms with Gasteiger partial charge in [-0.1, -0.05) is 13.3 Å². The van der Waals surface area contributed by atoms with Gasteiger partial charge in [-0.25, -0.2) is 0 Å². The van der Waals surface area contributed by atoms with Gasteiger partial charge in [0.05, 0.1) is 6.10 Å². The molecule has 2 aliphatic rings. The van der Waals surface area contributed by atoms with Gasteiger partial charge in [-0.3, -0.25) is 4.79 Å². The summed E-state index contributed by atoms with van der Waals surface area (Å²) >= 11 is 0. The Morgan fingerprint density at radius 3 is 2.92 bits per heavy atom. The van der Waals surface area contributed by atoms with Crippen LogP contribution in [0.5, 0.6) is 0 Å². The fraction of sp³-hybridized carbons (Fsp3) is 0.909. The van der Waals surface area contributed by atoms with E-state index in [0.29, 0.717) is 24.0 Å². The third-order valence-corrected chi connectivity index (χ3v) is 3.89. The maximum absolute atomic E-state index is 11.5. The Balaban J connectivity index is 2.09. The van der Waals surface area contributed by atoms with E-state index in [2.05, 4.69) is 6.92 Å². The largest absolute Gasteiger partial charge is 0.393 e. The SMILES string of the molecule is CCC1CC(O)C2CCC(=O)C2C1. The Hall–Kier alpha value is -0.370. The molecule has 0 aromatic rings. The summed E-state index contributed by atoms with van der Waals surface area (Å²) in [7, 11) is 0. The highest BCUT2D eigenvalue weighted by Crippen LogP contribution is 2.43. The fourth-order valence-corrected chi connectivity index (χ4v) is 3.01. The molecule has 4 unspecified atom stereocenters. The minimum Gasteiger partial charge on any atom is -0.393 e. The normalized spacial score (nSPS) is 44.9. The first-order valence-corrected chi connectivity index (χ1v) is 5.43. The van der Waals surface area contributed by atoms with Crippen LogP contribution in [0.15, 0.2) is 0 Å². The Bertz CT molecular complexity index is 212. The van der Waals surface area contributed by atoms with Crippen LogP contribution in [0.3, 0.4) is 0 Å². The number of aliphatic hydroxyl groups is 1. The van der Waals surface area contributed by atoms with Crippen molar-refractivity contribution in [3.8, 4) is 0 Å².